The van der Waals surface area contributed by atoms with Gasteiger partial charge in [-0.25, -0.2) is 0 Å². The summed E-state index contributed by atoms with van der Waals surface area (Å²) in [5.74, 6) is 0.0630. The average Bonchev–Trinajstić information content (AvgIpc) is 2.59. The molecule has 5 heteroatoms. The molecule has 2 fully saturated rings. The number of ether oxygens (including phenoxy) is 2. The molecule has 2 aliphatic heterocycles. The smallest absolute Gasteiger partial charge is 0.255 e. The number of piperidine rings is 1. The third-order valence-corrected chi connectivity index (χ3v) is 4.78. The van der Waals surface area contributed by atoms with Gasteiger partial charge in [-0.1, -0.05) is 0 Å². The number of carbonyl (C=O) groups excluding carboxylic acids is 1. The molecule has 2 atom stereocenters. The highest BCUT2D eigenvalue weighted by Crippen LogP contribution is 2.40. The number of nitrogens with zero attached hydrogens (tertiary/aromatic N) is 2. The van der Waals surface area contributed by atoms with Gasteiger partial charge in [-0.2, -0.15) is 0 Å². The number of rotatable bonds is 4. The van der Waals surface area contributed by atoms with Gasteiger partial charge < -0.3 is 14.4 Å². The van der Waals surface area contributed by atoms with Crippen molar-refractivity contribution in [1.82, 2.24) is 9.88 Å². The van der Waals surface area contributed by atoms with Crippen molar-refractivity contribution in [3.8, 4) is 0 Å². The fourth-order valence-corrected chi connectivity index (χ4v) is 3.65. The predicted octanol–water partition coefficient (Wildman–Crippen LogP) is 2.13. The SMILES string of the molecule is CCOCC12CCCOC1CCN(C(=O)c1cccnc1)C2. The highest BCUT2D eigenvalue weighted by Gasteiger charge is 2.47. The Bertz CT molecular complexity index is 508. The summed E-state index contributed by atoms with van der Waals surface area (Å²) in [5.41, 5.74) is 0.605. The number of hydrogen-bond donors (Lipinski definition) is 0. The van der Waals surface area contributed by atoms with Crippen molar-refractivity contribution in [1.29, 1.82) is 0 Å². The van der Waals surface area contributed by atoms with Gasteiger partial charge in [-0.15, -0.1) is 0 Å². The van der Waals surface area contributed by atoms with E-state index in [1.165, 1.54) is 0 Å². The number of hydrogen-bond acceptors (Lipinski definition) is 4. The molecule has 3 rings (SSSR count). The lowest BCUT2D eigenvalue weighted by molar-refractivity contribution is -0.146. The molecule has 0 bridgehead atoms. The Hall–Kier alpha value is -1.46. The molecule has 0 spiro atoms. The number of likely N-dealkylation sites (tertiary alicyclic amines) is 1. The summed E-state index contributed by atoms with van der Waals surface area (Å²) in [6.07, 6.45) is 6.53. The Labute approximate surface area is 131 Å². The van der Waals surface area contributed by atoms with Gasteiger partial charge >= 0.3 is 0 Å². The van der Waals surface area contributed by atoms with Crippen LogP contribution < -0.4 is 0 Å². The van der Waals surface area contributed by atoms with E-state index in [2.05, 4.69) is 4.98 Å². The van der Waals surface area contributed by atoms with Crippen LogP contribution in [0.4, 0.5) is 0 Å². The van der Waals surface area contributed by atoms with Crippen molar-refractivity contribution in [2.24, 2.45) is 5.41 Å². The van der Waals surface area contributed by atoms with E-state index in [4.69, 9.17) is 9.47 Å². The van der Waals surface area contributed by atoms with E-state index in [1.807, 2.05) is 17.9 Å². The normalized spacial score (nSPS) is 28.2. The molecule has 0 aliphatic carbocycles. The first-order chi connectivity index (χ1) is 10.7. The molecule has 3 heterocycles. The van der Waals surface area contributed by atoms with Gasteiger partial charge in [0.05, 0.1) is 18.3 Å². The van der Waals surface area contributed by atoms with Crippen LogP contribution in [0, 0.1) is 5.41 Å². The van der Waals surface area contributed by atoms with E-state index in [1.54, 1.807) is 18.5 Å². The van der Waals surface area contributed by atoms with Crippen LogP contribution in [0.15, 0.2) is 24.5 Å². The van der Waals surface area contributed by atoms with Crippen molar-refractivity contribution >= 4 is 5.91 Å². The molecule has 1 aromatic rings. The quantitative estimate of drug-likeness (QED) is 0.855. The number of amides is 1. The first-order valence-corrected chi connectivity index (χ1v) is 8.14. The number of fused-ring (bicyclic) bond motifs is 1. The van der Waals surface area contributed by atoms with Crippen LogP contribution in [0.2, 0.25) is 0 Å². The minimum absolute atomic E-state index is 0.0512. The molecule has 5 nitrogen and oxygen atoms in total. The Morgan fingerprint density at radius 3 is 3.27 bits per heavy atom. The van der Waals surface area contributed by atoms with Crippen LogP contribution in [0.5, 0.6) is 0 Å². The highest BCUT2D eigenvalue weighted by atomic mass is 16.5. The van der Waals surface area contributed by atoms with Gasteiger partial charge in [0.1, 0.15) is 0 Å². The second kappa shape index (κ2) is 6.75. The zero-order chi connectivity index (χ0) is 15.4. The zero-order valence-corrected chi connectivity index (χ0v) is 13.2. The van der Waals surface area contributed by atoms with Crippen molar-refractivity contribution in [3.05, 3.63) is 30.1 Å². The Kier molecular flexibility index (Phi) is 4.74. The van der Waals surface area contributed by atoms with Gasteiger partial charge in [0, 0.05) is 44.1 Å². The van der Waals surface area contributed by atoms with Gasteiger partial charge in [-0.3, -0.25) is 9.78 Å². The Morgan fingerprint density at radius 1 is 1.59 bits per heavy atom. The molecular weight excluding hydrogens is 280 g/mol. The van der Waals surface area contributed by atoms with Crippen LogP contribution in [0.1, 0.15) is 36.5 Å². The van der Waals surface area contributed by atoms with E-state index in [0.717, 1.165) is 32.4 Å². The highest BCUT2D eigenvalue weighted by molar-refractivity contribution is 5.94. The van der Waals surface area contributed by atoms with Crippen LogP contribution >= 0.6 is 0 Å². The molecule has 0 N–H and O–H groups in total. The first kappa shape index (κ1) is 15.4. The fraction of sp³-hybridized carbons (Fsp3) is 0.647. The third-order valence-electron chi connectivity index (χ3n) is 4.78. The van der Waals surface area contributed by atoms with E-state index in [0.29, 0.717) is 25.3 Å². The second-order valence-electron chi connectivity index (χ2n) is 6.22. The van der Waals surface area contributed by atoms with E-state index in [9.17, 15) is 4.79 Å². The lowest BCUT2D eigenvalue weighted by atomic mass is 9.73. The monoisotopic (exact) mass is 304 g/mol. The Balaban J connectivity index is 1.76. The molecule has 22 heavy (non-hydrogen) atoms. The maximum Gasteiger partial charge on any atom is 0.255 e. The molecule has 0 saturated carbocycles. The number of pyridine rings is 1. The Morgan fingerprint density at radius 2 is 2.50 bits per heavy atom. The summed E-state index contributed by atoms with van der Waals surface area (Å²) in [6.45, 7) is 5.67. The summed E-state index contributed by atoms with van der Waals surface area (Å²) in [4.78, 5) is 18.7. The minimum Gasteiger partial charge on any atom is -0.381 e. The molecule has 1 amide bonds. The molecule has 0 aromatic carbocycles. The molecule has 2 unspecified atom stereocenters. The maximum absolute atomic E-state index is 12.7. The van der Waals surface area contributed by atoms with Gasteiger partial charge in [-0.05, 0) is 38.3 Å². The first-order valence-electron chi connectivity index (χ1n) is 8.14. The maximum atomic E-state index is 12.7. The number of aromatic nitrogens is 1. The van der Waals surface area contributed by atoms with Crippen LogP contribution in [0.25, 0.3) is 0 Å². The van der Waals surface area contributed by atoms with E-state index < -0.39 is 0 Å². The molecule has 1 aromatic heterocycles. The van der Waals surface area contributed by atoms with Crippen molar-refractivity contribution in [2.75, 3.05) is 32.9 Å². The number of carbonyl (C=O) groups is 1. The van der Waals surface area contributed by atoms with E-state index in [-0.39, 0.29) is 17.4 Å². The topological polar surface area (TPSA) is 51.7 Å². The van der Waals surface area contributed by atoms with Gasteiger partial charge in [0.25, 0.3) is 5.91 Å². The third kappa shape index (κ3) is 3.01. The zero-order valence-electron chi connectivity index (χ0n) is 13.2. The van der Waals surface area contributed by atoms with Crippen molar-refractivity contribution in [3.63, 3.8) is 0 Å². The van der Waals surface area contributed by atoms with Crippen molar-refractivity contribution < 1.29 is 14.3 Å². The van der Waals surface area contributed by atoms with Crippen molar-refractivity contribution in [2.45, 2.75) is 32.3 Å². The summed E-state index contributed by atoms with van der Waals surface area (Å²) in [7, 11) is 0. The van der Waals surface area contributed by atoms with E-state index >= 15 is 0 Å². The van der Waals surface area contributed by atoms with Crippen LogP contribution in [-0.4, -0.2) is 54.8 Å². The summed E-state index contributed by atoms with van der Waals surface area (Å²) in [5, 5.41) is 0. The largest absolute Gasteiger partial charge is 0.381 e. The van der Waals surface area contributed by atoms with Crippen LogP contribution in [-0.2, 0) is 9.47 Å². The summed E-state index contributed by atoms with van der Waals surface area (Å²) >= 11 is 0. The van der Waals surface area contributed by atoms with Crippen LogP contribution in [0.3, 0.4) is 0 Å². The minimum atomic E-state index is -0.0512. The van der Waals surface area contributed by atoms with Gasteiger partial charge in [0.2, 0.25) is 0 Å². The molecule has 120 valence electrons. The molecule has 2 saturated heterocycles. The molecular formula is C17H24N2O3. The lowest BCUT2D eigenvalue weighted by Crippen LogP contribution is -2.58. The summed E-state index contributed by atoms with van der Waals surface area (Å²) < 4.78 is 11.7. The fourth-order valence-electron chi connectivity index (χ4n) is 3.65. The second-order valence-corrected chi connectivity index (χ2v) is 6.22. The molecule has 0 radical (unpaired) electrons. The van der Waals surface area contributed by atoms with Gasteiger partial charge in [0.15, 0.2) is 0 Å². The summed E-state index contributed by atoms with van der Waals surface area (Å²) in [6, 6.07) is 3.63. The lowest BCUT2D eigenvalue weighted by Gasteiger charge is -2.50. The average molecular weight is 304 g/mol. The predicted molar refractivity (Wildman–Crippen MR) is 82.7 cm³/mol. The standard InChI is InChI=1S/C17H24N2O3/c1-2-21-13-17-7-4-10-22-15(17)6-9-19(12-17)16(20)14-5-3-8-18-11-14/h3,5,8,11,15H,2,4,6-7,9-10,12-13H2,1H3. The molecule has 2 aliphatic rings.